The van der Waals surface area contributed by atoms with Crippen molar-refractivity contribution in [3.8, 4) is 5.75 Å². The fourth-order valence-electron chi connectivity index (χ4n) is 1.76. The Morgan fingerprint density at radius 1 is 1.16 bits per heavy atom. The van der Waals surface area contributed by atoms with E-state index in [2.05, 4.69) is 15.9 Å². The van der Waals surface area contributed by atoms with Crippen molar-refractivity contribution in [2.24, 2.45) is 0 Å². The van der Waals surface area contributed by atoms with Crippen LogP contribution < -0.4 is 4.74 Å². The highest BCUT2D eigenvalue weighted by molar-refractivity contribution is 9.10. The minimum absolute atomic E-state index is 0.456. The van der Waals surface area contributed by atoms with Gasteiger partial charge in [-0.05, 0) is 35.9 Å². The van der Waals surface area contributed by atoms with Crippen LogP contribution in [0.25, 0.3) is 0 Å². The topological polar surface area (TPSA) is 29.5 Å². The van der Waals surface area contributed by atoms with E-state index in [0.717, 1.165) is 4.47 Å². The van der Waals surface area contributed by atoms with E-state index in [0.29, 0.717) is 26.9 Å². The molecule has 0 amide bonds. The maximum absolute atomic E-state index is 10.4. The van der Waals surface area contributed by atoms with Gasteiger partial charge >= 0.3 is 0 Å². The Bertz CT molecular complexity index is 602. The van der Waals surface area contributed by atoms with Crippen molar-refractivity contribution in [1.29, 1.82) is 0 Å². The standard InChI is InChI=1S/C14H11BrCl2O2/c1-19-13-5-2-8(6-12(13)17)14(18)10-7-9(16)3-4-11(10)15/h2-7,14,18H,1H3. The molecule has 0 spiro atoms. The van der Waals surface area contributed by atoms with E-state index < -0.39 is 6.10 Å². The second-order valence-electron chi connectivity index (χ2n) is 3.96. The summed E-state index contributed by atoms with van der Waals surface area (Å²) in [6.07, 6.45) is -0.809. The zero-order valence-corrected chi connectivity index (χ0v) is 13.1. The van der Waals surface area contributed by atoms with Gasteiger partial charge in [-0.15, -0.1) is 0 Å². The number of hydrogen-bond donors (Lipinski definition) is 1. The minimum atomic E-state index is -0.809. The first-order valence-corrected chi connectivity index (χ1v) is 7.04. The van der Waals surface area contributed by atoms with Gasteiger partial charge in [0.2, 0.25) is 0 Å². The highest BCUT2D eigenvalue weighted by Crippen LogP contribution is 2.34. The summed E-state index contributed by atoms with van der Waals surface area (Å²) in [7, 11) is 1.55. The maximum Gasteiger partial charge on any atom is 0.137 e. The summed E-state index contributed by atoms with van der Waals surface area (Å²) >= 11 is 15.4. The molecule has 2 rings (SSSR count). The predicted octanol–water partition coefficient (Wildman–Crippen LogP) is 4.85. The van der Waals surface area contributed by atoms with E-state index in [1.54, 1.807) is 43.5 Å². The quantitative estimate of drug-likeness (QED) is 0.846. The molecule has 0 radical (unpaired) electrons. The van der Waals surface area contributed by atoms with Crippen LogP contribution in [-0.2, 0) is 0 Å². The molecule has 1 atom stereocenters. The molecule has 1 N–H and O–H groups in total. The fraction of sp³-hybridized carbons (Fsp3) is 0.143. The summed E-state index contributed by atoms with van der Waals surface area (Å²) in [6, 6.07) is 10.4. The molecule has 0 aliphatic rings. The number of ether oxygens (including phenoxy) is 1. The molecule has 0 saturated carbocycles. The molecule has 0 aliphatic carbocycles. The van der Waals surface area contributed by atoms with Gasteiger partial charge in [-0.25, -0.2) is 0 Å². The molecule has 0 aromatic heterocycles. The Morgan fingerprint density at radius 3 is 2.53 bits per heavy atom. The van der Waals surface area contributed by atoms with Crippen molar-refractivity contribution >= 4 is 39.1 Å². The van der Waals surface area contributed by atoms with Gasteiger partial charge in [0.1, 0.15) is 11.9 Å². The molecule has 100 valence electrons. The van der Waals surface area contributed by atoms with E-state index in [9.17, 15) is 5.11 Å². The van der Waals surface area contributed by atoms with Gasteiger partial charge < -0.3 is 9.84 Å². The van der Waals surface area contributed by atoms with Crippen LogP contribution in [0.1, 0.15) is 17.2 Å². The van der Waals surface area contributed by atoms with Gasteiger partial charge in [0.05, 0.1) is 12.1 Å². The molecule has 2 aromatic carbocycles. The zero-order valence-electron chi connectivity index (χ0n) is 10.0. The third-order valence-electron chi connectivity index (χ3n) is 2.74. The van der Waals surface area contributed by atoms with Crippen LogP contribution in [0.15, 0.2) is 40.9 Å². The normalized spacial score (nSPS) is 12.3. The second-order valence-corrected chi connectivity index (χ2v) is 5.66. The Labute approximate surface area is 130 Å². The van der Waals surface area contributed by atoms with Crippen LogP contribution in [0.2, 0.25) is 10.0 Å². The lowest BCUT2D eigenvalue weighted by Crippen LogP contribution is -2.01. The molecular formula is C14H11BrCl2O2. The van der Waals surface area contributed by atoms with E-state index >= 15 is 0 Å². The molecular weight excluding hydrogens is 351 g/mol. The van der Waals surface area contributed by atoms with E-state index in [4.69, 9.17) is 27.9 Å². The highest BCUT2D eigenvalue weighted by Gasteiger charge is 2.15. The lowest BCUT2D eigenvalue weighted by atomic mass is 10.0. The van der Waals surface area contributed by atoms with Gasteiger partial charge in [0.25, 0.3) is 0 Å². The first-order valence-electron chi connectivity index (χ1n) is 5.49. The zero-order chi connectivity index (χ0) is 14.0. The molecule has 0 fully saturated rings. The average Bonchev–Trinajstić information content (AvgIpc) is 2.40. The molecule has 2 nitrogen and oxygen atoms in total. The predicted molar refractivity (Wildman–Crippen MR) is 81.2 cm³/mol. The maximum atomic E-state index is 10.4. The molecule has 2 aromatic rings. The van der Waals surface area contributed by atoms with E-state index in [-0.39, 0.29) is 0 Å². The monoisotopic (exact) mass is 360 g/mol. The Morgan fingerprint density at radius 2 is 1.89 bits per heavy atom. The minimum Gasteiger partial charge on any atom is -0.495 e. The lowest BCUT2D eigenvalue weighted by Gasteiger charge is -2.15. The van der Waals surface area contributed by atoms with Crippen molar-refractivity contribution in [1.82, 2.24) is 0 Å². The van der Waals surface area contributed by atoms with E-state index in [1.165, 1.54) is 0 Å². The van der Waals surface area contributed by atoms with Crippen molar-refractivity contribution in [2.75, 3.05) is 7.11 Å². The Kier molecular flexibility index (Phi) is 4.74. The molecule has 19 heavy (non-hydrogen) atoms. The number of aliphatic hydroxyl groups is 1. The van der Waals surface area contributed by atoms with E-state index in [1.807, 2.05) is 0 Å². The van der Waals surface area contributed by atoms with Crippen LogP contribution >= 0.6 is 39.1 Å². The van der Waals surface area contributed by atoms with Crippen LogP contribution in [0, 0.1) is 0 Å². The molecule has 5 heteroatoms. The fourth-order valence-corrected chi connectivity index (χ4v) is 2.67. The van der Waals surface area contributed by atoms with Crippen LogP contribution in [-0.4, -0.2) is 12.2 Å². The smallest absolute Gasteiger partial charge is 0.137 e. The van der Waals surface area contributed by atoms with Gasteiger partial charge in [-0.2, -0.15) is 0 Å². The van der Waals surface area contributed by atoms with Crippen molar-refractivity contribution in [3.05, 3.63) is 62.0 Å². The summed E-state index contributed by atoms with van der Waals surface area (Å²) in [4.78, 5) is 0. The van der Waals surface area contributed by atoms with Gasteiger partial charge in [0.15, 0.2) is 0 Å². The largest absolute Gasteiger partial charge is 0.495 e. The first-order chi connectivity index (χ1) is 9.02. The van der Waals surface area contributed by atoms with Crippen LogP contribution in [0.3, 0.4) is 0 Å². The highest BCUT2D eigenvalue weighted by atomic mass is 79.9. The Hall–Kier alpha value is -0.740. The first kappa shape index (κ1) is 14.7. The lowest BCUT2D eigenvalue weighted by molar-refractivity contribution is 0.219. The molecule has 0 heterocycles. The number of methoxy groups -OCH3 is 1. The SMILES string of the molecule is COc1ccc(C(O)c2cc(Cl)ccc2Br)cc1Cl. The molecule has 1 unspecified atom stereocenters. The third kappa shape index (κ3) is 3.23. The van der Waals surface area contributed by atoms with Gasteiger partial charge in [-0.3, -0.25) is 0 Å². The number of aliphatic hydroxyl groups excluding tert-OH is 1. The van der Waals surface area contributed by atoms with Crippen molar-refractivity contribution in [2.45, 2.75) is 6.10 Å². The van der Waals surface area contributed by atoms with Crippen LogP contribution in [0.4, 0.5) is 0 Å². The number of halogens is 3. The molecule has 0 bridgehead atoms. The van der Waals surface area contributed by atoms with Crippen molar-refractivity contribution in [3.63, 3.8) is 0 Å². The summed E-state index contributed by atoms with van der Waals surface area (Å²) < 4.78 is 5.87. The number of benzene rings is 2. The number of hydrogen-bond acceptors (Lipinski definition) is 2. The molecule has 0 saturated heterocycles. The third-order valence-corrected chi connectivity index (χ3v) is 4.00. The number of rotatable bonds is 3. The summed E-state index contributed by atoms with van der Waals surface area (Å²) in [5, 5.41) is 11.4. The second kappa shape index (κ2) is 6.14. The summed E-state index contributed by atoms with van der Waals surface area (Å²) in [6.45, 7) is 0. The van der Waals surface area contributed by atoms with Gasteiger partial charge in [-0.1, -0.05) is 45.2 Å². The Balaban J connectivity index is 2.41. The summed E-state index contributed by atoms with van der Waals surface area (Å²) in [5.74, 6) is 0.572. The summed E-state index contributed by atoms with van der Waals surface area (Å²) in [5.41, 5.74) is 1.36. The molecule has 0 aliphatic heterocycles. The van der Waals surface area contributed by atoms with Crippen LogP contribution in [0.5, 0.6) is 5.75 Å². The van der Waals surface area contributed by atoms with Crippen molar-refractivity contribution < 1.29 is 9.84 Å². The average molecular weight is 362 g/mol. The van der Waals surface area contributed by atoms with Gasteiger partial charge in [0, 0.05) is 15.1 Å².